The quantitative estimate of drug-likeness (QED) is 0.0688. The molecule has 0 radical (unpaired) electrons. The van der Waals surface area contributed by atoms with Gasteiger partial charge in [-0.3, -0.25) is 0 Å². The number of aliphatic hydroxyl groups is 8. The van der Waals surface area contributed by atoms with Crippen LogP contribution in [0.1, 0.15) is 0 Å². The minimum absolute atomic E-state index is 0.0246. The summed E-state index contributed by atoms with van der Waals surface area (Å²) < 4.78 is 44.3. The van der Waals surface area contributed by atoms with E-state index in [2.05, 4.69) is 0 Å². The monoisotopic (exact) mass is 654 g/mol. The van der Waals surface area contributed by atoms with Crippen molar-refractivity contribution < 1.29 is 78.1 Å². The first-order chi connectivity index (χ1) is 21.9. The summed E-state index contributed by atoms with van der Waals surface area (Å²) in [5.74, 6) is -1.08. The zero-order valence-electron chi connectivity index (χ0n) is 24.0. The van der Waals surface area contributed by atoms with E-state index >= 15 is 0 Å². The molecule has 6 rings (SSSR count). The molecule has 0 saturated carbocycles. The van der Waals surface area contributed by atoms with Gasteiger partial charge >= 0.3 is 11.3 Å². The van der Waals surface area contributed by atoms with E-state index in [9.17, 15) is 50.4 Å². The maximum atomic E-state index is 13.4. The first-order valence-electron chi connectivity index (χ1n) is 13.8. The average Bonchev–Trinajstić information content (AvgIpc) is 3.04. The molecule has 2 aliphatic heterocycles. The van der Waals surface area contributed by atoms with Gasteiger partial charge in [-0.1, -0.05) is 0 Å². The molecule has 2 saturated heterocycles. The molecule has 4 heterocycles. The van der Waals surface area contributed by atoms with Gasteiger partial charge in [0.2, 0.25) is 24.1 Å². The van der Waals surface area contributed by atoms with Crippen molar-refractivity contribution in [3.63, 3.8) is 0 Å². The lowest BCUT2D eigenvalue weighted by Crippen LogP contribution is -2.60. The highest BCUT2D eigenvalue weighted by atomic mass is 16.7. The Kier molecular flexibility index (Phi) is 8.44. The van der Waals surface area contributed by atoms with Crippen LogP contribution >= 0.6 is 0 Å². The Morgan fingerprint density at radius 1 is 0.609 bits per heavy atom. The smallest absolute Gasteiger partial charge is 0.344 e. The predicted octanol–water partition coefficient (Wildman–Crippen LogP) is -3.13. The first-order valence-corrected chi connectivity index (χ1v) is 13.8. The molecule has 0 amide bonds. The van der Waals surface area contributed by atoms with E-state index in [4.69, 9.17) is 37.3 Å². The molecule has 8 N–H and O–H groups in total. The van der Waals surface area contributed by atoms with Gasteiger partial charge in [0, 0.05) is 10.8 Å². The molecule has 0 bridgehead atoms. The Bertz CT molecular complexity index is 1710. The molecule has 2 aromatic heterocycles. The van der Waals surface area contributed by atoms with Crippen molar-refractivity contribution in [2.45, 2.75) is 61.4 Å². The summed E-state index contributed by atoms with van der Waals surface area (Å²) in [5, 5.41) is 80.2. The first kappa shape index (κ1) is 32.1. The van der Waals surface area contributed by atoms with Gasteiger partial charge in [0.25, 0.3) is 0 Å². The third kappa shape index (κ3) is 4.90. The Morgan fingerprint density at radius 3 is 1.30 bits per heavy atom. The van der Waals surface area contributed by atoms with Crippen LogP contribution < -0.4 is 30.2 Å². The van der Waals surface area contributed by atoms with Crippen LogP contribution in [0.3, 0.4) is 0 Å². The van der Waals surface area contributed by atoms with Gasteiger partial charge in [-0.25, -0.2) is 9.59 Å². The van der Waals surface area contributed by atoms with Gasteiger partial charge in [0.15, 0.2) is 22.7 Å². The second-order valence-corrected chi connectivity index (χ2v) is 10.7. The van der Waals surface area contributed by atoms with Crippen molar-refractivity contribution in [1.82, 2.24) is 0 Å². The number of ether oxygens (including phenoxy) is 6. The third-order valence-corrected chi connectivity index (χ3v) is 8.07. The van der Waals surface area contributed by atoms with Gasteiger partial charge in [0.1, 0.15) is 48.8 Å². The highest BCUT2D eigenvalue weighted by molar-refractivity contribution is 6.22. The van der Waals surface area contributed by atoms with E-state index in [1.165, 1.54) is 14.2 Å². The number of benzene rings is 2. The number of hydrogen-bond donors (Lipinski definition) is 8. The normalized spacial score (nSPS) is 31.9. The molecule has 46 heavy (non-hydrogen) atoms. The highest BCUT2D eigenvalue weighted by Crippen LogP contribution is 2.47. The lowest BCUT2D eigenvalue weighted by Gasteiger charge is -2.39. The summed E-state index contributed by atoms with van der Waals surface area (Å²) in [6.07, 6.45) is -16.5. The molecular weight excluding hydrogens is 624 g/mol. The maximum absolute atomic E-state index is 13.4. The molecule has 250 valence electrons. The van der Waals surface area contributed by atoms with Gasteiger partial charge in [-0.15, -0.1) is 0 Å². The van der Waals surface area contributed by atoms with Crippen LogP contribution in [0.4, 0.5) is 0 Å². The molecule has 0 spiro atoms. The number of methoxy groups -OCH3 is 2. The summed E-state index contributed by atoms with van der Waals surface area (Å²) in [7, 11) is 2.39. The Balaban J connectivity index is 1.50. The van der Waals surface area contributed by atoms with Crippen LogP contribution in [-0.4, -0.2) is 130 Å². The summed E-state index contributed by atoms with van der Waals surface area (Å²) >= 11 is 0. The molecule has 2 fully saturated rings. The average molecular weight is 655 g/mol. The van der Waals surface area contributed by atoms with Crippen LogP contribution in [0.5, 0.6) is 23.0 Å². The molecule has 18 heteroatoms. The van der Waals surface area contributed by atoms with Crippen LogP contribution in [0.2, 0.25) is 0 Å². The van der Waals surface area contributed by atoms with Gasteiger partial charge in [-0.2, -0.15) is 0 Å². The standard InChI is InChI=1S/C28H30O18/c1-39-21-9(41-27-19(35)17(33)15(31)11(5-29)43-27)3-7-13-14-8(25(37)45-23(13)21)4-10(22(40-2)24(14)46-26(7)38)42-28-20(36)18(34)16(32)12(6-30)44-28/h3-4,11-12,15-20,27-36H,5-6H2,1-2H3/t11-,12-,15-,16-,17+,18+,19-,20-,27-,28-/m1/s1. The molecule has 0 aliphatic carbocycles. The summed E-state index contributed by atoms with van der Waals surface area (Å²) in [4.78, 5) is 26.8. The van der Waals surface area contributed by atoms with Crippen LogP contribution in [-0.2, 0) is 9.47 Å². The Morgan fingerprint density at radius 2 is 0.978 bits per heavy atom. The molecule has 10 atom stereocenters. The van der Waals surface area contributed by atoms with Crippen molar-refractivity contribution in [3.8, 4) is 23.0 Å². The predicted molar refractivity (Wildman–Crippen MR) is 149 cm³/mol. The Hall–Kier alpha value is -3.82. The van der Waals surface area contributed by atoms with Crippen LogP contribution in [0, 0.1) is 0 Å². The Labute approximate surface area is 256 Å². The lowest BCUT2D eigenvalue weighted by atomic mass is 9.99. The summed E-state index contributed by atoms with van der Waals surface area (Å²) in [5.41, 5.74) is -2.59. The van der Waals surface area contributed by atoms with E-state index in [1.54, 1.807) is 0 Å². The zero-order chi connectivity index (χ0) is 33.2. The van der Waals surface area contributed by atoms with Crippen molar-refractivity contribution in [3.05, 3.63) is 33.0 Å². The van der Waals surface area contributed by atoms with Crippen molar-refractivity contribution in [1.29, 1.82) is 0 Å². The number of hydrogen-bond acceptors (Lipinski definition) is 18. The fourth-order valence-electron chi connectivity index (χ4n) is 5.68. The zero-order valence-corrected chi connectivity index (χ0v) is 24.0. The van der Waals surface area contributed by atoms with E-state index in [0.717, 1.165) is 12.1 Å². The topological polar surface area (TPSA) is 278 Å². The third-order valence-electron chi connectivity index (χ3n) is 8.07. The van der Waals surface area contributed by atoms with Crippen molar-refractivity contribution >= 4 is 32.7 Å². The van der Waals surface area contributed by atoms with Crippen molar-refractivity contribution in [2.24, 2.45) is 0 Å². The largest absolute Gasteiger partial charge is 0.490 e. The molecule has 2 aliphatic rings. The van der Waals surface area contributed by atoms with E-state index < -0.39 is 85.9 Å². The number of rotatable bonds is 8. The molecular formula is C28H30O18. The van der Waals surface area contributed by atoms with E-state index in [1.807, 2.05) is 0 Å². The minimum Gasteiger partial charge on any atom is -0.490 e. The minimum atomic E-state index is -1.82. The van der Waals surface area contributed by atoms with Gasteiger partial charge in [-0.05, 0) is 12.1 Å². The van der Waals surface area contributed by atoms with Gasteiger partial charge in [0.05, 0.1) is 38.2 Å². The fourth-order valence-corrected chi connectivity index (χ4v) is 5.68. The van der Waals surface area contributed by atoms with E-state index in [0.29, 0.717) is 0 Å². The fraction of sp³-hybridized carbons (Fsp3) is 0.500. The van der Waals surface area contributed by atoms with Gasteiger partial charge < -0.3 is 78.1 Å². The SMILES string of the molecule is COc1c(O[C@@H]2O[C@H](CO)[C@@H](O)[C@H](O)[C@H]2O)cc2c(=O)oc3c(OC)c(O[C@@H]4O[C@H](CO)[C@@H](O)[C@H](O)[C@H]4O)cc4c(=O)oc1c2c34. The number of aliphatic hydroxyl groups excluding tert-OH is 8. The molecule has 2 aromatic carbocycles. The maximum Gasteiger partial charge on any atom is 0.344 e. The van der Waals surface area contributed by atoms with Crippen LogP contribution in [0.15, 0.2) is 30.6 Å². The molecule has 0 unspecified atom stereocenters. The highest BCUT2D eigenvalue weighted by Gasteiger charge is 2.46. The lowest BCUT2D eigenvalue weighted by molar-refractivity contribution is -0.277. The van der Waals surface area contributed by atoms with E-state index in [-0.39, 0.29) is 55.7 Å². The molecule has 18 nitrogen and oxygen atoms in total. The van der Waals surface area contributed by atoms with Crippen molar-refractivity contribution in [2.75, 3.05) is 27.4 Å². The second kappa shape index (κ2) is 12.1. The molecule has 4 aromatic rings. The van der Waals surface area contributed by atoms with Crippen LogP contribution in [0.25, 0.3) is 32.7 Å². The second-order valence-electron chi connectivity index (χ2n) is 10.7. The summed E-state index contributed by atoms with van der Waals surface area (Å²) in [6.45, 7) is -1.46. The summed E-state index contributed by atoms with van der Waals surface area (Å²) in [6, 6.07) is 2.30.